The van der Waals surface area contributed by atoms with Gasteiger partial charge in [0.15, 0.2) is 0 Å². The molecule has 2 aromatic carbocycles. The minimum atomic E-state index is 0.0312. The molecule has 4 aromatic rings. The zero-order valence-electron chi connectivity index (χ0n) is 13.6. The Hall–Kier alpha value is -3.24. The summed E-state index contributed by atoms with van der Waals surface area (Å²) in [4.78, 5) is 0.253. The number of H-pyrrole nitrogens is 2. The molecule has 0 amide bonds. The zero-order chi connectivity index (χ0) is 19.0. The second-order valence-corrected chi connectivity index (χ2v) is 6.46. The molecule has 10 heteroatoms. The average molecular weight is 400 g/mol. The van der Waals surface area contributed by atoms with E-state index in [1.54, 1.807) is 36.4 Å². The van der Waals surface area contributed by atoms with Crippen LogP contribution in [0.15, 0.2) is 45.2 Å². The van der Waals surface area contributed by atoms with Gasteiger partial charge in [0.05, 0.1) is 11.1 Å². The number of aromatic hydroxyl groups is 2. The van der Waals surface area contributed by atoms with Gasteiger partial charge >= 0.3 is 0 Å². The van der Waals surface area contributed by atoms with Crippen molar-refractivity contribution in [1.82, 2.24) is 20.4 Å². The number of phenols is 2. The van der Waals surface area contributed by atoms with Crippen molar-refractivity contribution in [3.05, 3.63) is 57.2 Å². The summed E-state index contributed by atoms with van der Waals surface area (Å²) >= 11 is 9.75. The van der Waals surface area contributed by atoms with Crippen molar-refractivity contribution in [2.24, 2.45) is 0 Å². The van der Waals surface area contributed by atoms with Gasteiger partial charge in [0.25, 0.3) is 9.67 Å². The fraction of sp³-hybridized carbons (Fsp3) is 0.0588. The number of benzene rings is 2. The number of nitrogens with one attached hydrogen (secondary N) is 2. The first-order chi connectivity index (χ1) is 13.0. The fourth-order valence-electron chi connectivity index (χ4n) is 2.65. The van der Waals surface area contributed by atoms with Crippen molar-refractivity contribution in [2.45, 2.75) is 6.42 Å². The maximum atomic E-state index is 10.1. The summed E-state index contributed by atoms with van der Waals surface area (Å²) in [5.41, 5.74) is 2.65. The van der Waals surface area contributed by atoms with E-state index in [0.717, 1.165) is 11.1 Å². The molecule has 136 valence electrons. The molecule has 0 saturated carbocycles. The van der Waals surface area contributed by atoms with Crippen LogP contribution in [0.5, 0.6) is 11.5 Å². The molecule has 0 saturated heterocycles. The lowest BCUT2D eigenvalue weighted by molar-refractivity contribution is 0.471. The molecule has 0 aliphatic rings. The van der Waals surface area contributed by atoms with Crippen LogP contribution in [-0.2, 0) is 6.42 Å². The van der Waals surface area contributed by atoms with Crippen molar-refractivity contribution < 1.29 is 19.0 Å². The van der Waals surface area contributed by atoms with Gasteiger partial charge in [-0.05, 0) is 66.2 Å². The van der Waals surface area contributed by atoms with Crippen molar-refractivity contribution in [3.8, 4) is 34.4 Å². The van der Waals surface area contributed by atoms with Crippen molar-refractivity contribution in [1.29, 1.82) is 0 Å². The molecule has 4 N–H and O–H groups in total. The lowest BCUT2D eigenvalue weighted by atomic mass is 10.00. The number of aromatic nitrogens is 4. The first-order valence-electron chi connectivity index (χ1n) is 7.75. The topological polar surface area (TPSA) is 124 Å². The molecular formula is C17H12N4O4S2. The summed E-state index contributed by atoms with van der Waals surface area (Å²) in [7, 11) is 0. The van der Waals surface area contributed by atoms with E-state index in [2.05, 4.69) is 20.4 Å². The van der Waals surface area contributed by atoms with Crippen LogP contribution in [0.25, 0.3) is 22.9 Å². The van der Waals surface area contributed by atoms with Crippen LogP contribution in [0.3, 0.4) is 0 Å². The monoisotopic (exact) mass is 400 g/mol. The molecule has 27 heavy (non-hydrogen) atoms. The average Bonchev–Trinajstić information content (AvgIpc) is 3.27. The summed E-state index contributed by atoms with van der Waals surface area (Å²) in [6.45, 7) is 0. The quantitative estimate of drug-likeness (QED) is 0.377. The van der Waals surface area contributed by atoms with Crippen LogP contribution < -0.4 is 0 Å². The Labute approximate surface area is 162 Å². The summed E-state index contributed by atoms with van der Waals surface area (Å²) < 4.78 is 10.5. The molecule has 0 aliphatic heterocycles. The SMILES string of the molecule is Oc1ccc(Cc2ccc(O)c(-c3n[nH]c(=S)o3)c2)cc1-c1n[nH]c(=S)o1. The molecule has 8 nitrogen and oxygen atoms in total. The first kappa shape index (κ1) is 17.2. The van der Waals surface area contributed by atoms with E-state index in [9.17, 15) is 10.2 Å². The van der Waals surface area contributed by atoms with Crippen LogP contribution in [0.4, 0.5) is 0 Å². The normalized spacial score (nSPS) is 11.0. The second kappa shape index (κ2) is 6.82. The van der Waals surface area contributed by atoms with Gasteiger partial charge in [-0.1, -0.05) is 12.1 Å². The van der Waals surface area contributed by atoms with Crippen molar-refractivity contribution in [3.63, 3.8) is 0 Å². The van der Waals surface area contributed by atoms with Crippen LogP contribution in [0, 0.1) is 9.67 Å². The molecule has 0 unspecified atom stereocenters. The fourth-order valence-corrected chi connectivity index (χ4v) is 2.90. The minimum Gasteiger partial charge on any atom is -0.507 e. The first-order valence-corrected chi connectivity index (χ1v) is 8.57. The Bertz CT molecular complexity index is 1140. The third kappa shape index (κ3) is 3.52. The van der Waals surface area contributed by atoms with Crippen LogP contribution in [0.1, 0.15) is 11.1 Å². The number of aromatic amines is 2. The Morgan fingerprint density at radius 2 is 1.22 bits per heavy atom. The Morgan fingerprint density at radius 1 is 0.778 bits per heavy atom. The van der Waals surface area contributed by atoms with E-state index >= 15 is 0 Å². The summed E-state index contributed by atoms with van der Waals surface area (Å²) in [6, 6.07) is 10.2. The van der Waals surface area contributed by atoms with Gasteiger partial charge in [0, 0.05) is 0 Å². The highest BCUT2D eigenvalue weighted by atomic mass is 32.1. The van der Waals surface area contributed by atoms with Crippen LogP contribution >= 0.6 is 24.4 Å². The van der Waals surface area contributed by atoms with Gasteiger partial charge in [0.1, 0.15) is 11.5 Å². The molecule has 2 heterocycles. The second-order valence-electron chi connectivity index (χ2n) is 5.72. The molecule has 2 aromatic heterocycles. The number of phenolic OH excluding ortho intramolecular Hbond substituents is 2. The lowest BCUT2D eigenvalue weighted by Gasteiger charge is -2.07. The molecule has 0 radical (unpaired) electrons. The maximum Gasteiger partial charge on any atom is 0.284 e. The third-order valence-electron chi connectivity index (χ3n) is 3.87. The van der Waals surface area contributed by atoms with Crippen LogP contribution in [0.2, 0.25) is 0 Å². The molecular weight excluding hydrogens is 388 g/mol. The summed E-state index contributed by atoms with van der Waals surface area (Å²) in [5, 5.41) is 33.1. The Balaban J connectivity index is 1.69. The van der Waals surface area contributed by atoms with E-state index in [1.807, 2.05) is 0 Å². The lowest BCUT2D eigenvalue weighted by Crippen LogP contribution is -1.91. The number of hydrogen-bond acceptors (Lipinski definition) is 8. The standard InChI is InChI=1S/C17H12N4O4S2/c22-12-3-1-8(6-10(12)14-18-20-16(26)24-14)5-9-2-4-13(23)11(7-9)15-19-21-17(27)25-15/h1-4,6-7,22-23H,5H2,(H,20,26)(H,21,27). The van der Waals surface area contributed by atoms with Gasteiger partial charge in [-0.2, -0.15) is 0 Å². The van der Waals surface area contributed by atoms with Crippen molar-refractivity contribution in [2.75, 3.05) is 0 Å². The van der Waals surface area contributed by atoms with E-state index < -0.39 is 0 Å². The molecule has 0 aliphatic carbocycles. The Kier molecular flexibility index (Phi) is 4.34. The molecule has 0 bridgehead atoms. The largest absolute Gasteiger partial charge is 0.507 e. The van der Waals surface area contributed by atoms with E-state index in [4.69, 9.17) is 33.3 Å². The molecule has 0 fully saturated rings. The van der Waals surface area contributed by atoms with Gasteiger partial charge in [0.2, 0.25) is 11.8 Å². The summed E-state index contributed by atoms with van der Waals surface area (Å²) in [6.07, 6.45) is 0.525. The maximum absolute atomic E-state index is 10.1. The van der Waals surface area contributed by atoms with E-state index in [0.29, 0.717) is 17.5 Å². The summed E-state index contributed by atoms with van der Waals surface area (Å²) in [5.74, 6) is 0.477. The highest BCUT2D eigenvalue weighted by Crippen LogP contribution is 2.32. The van der Waals surface area contributed by atoms with Gasteiger partial charge < -0.3 is 19.0 Å². The number of hydrogen-bond donors (Lipinski definition) is 4. The zero-order valence-corrected chi connectivity index (χ0v) is 15.2. The highest BCUT2D eigenvalue weighted by molar-refractivity contribution is 7.71. The van der Waals surface area contributed by atoms with Gasteiger partial charge in [-0.25, -0.2) is 10.2 Å². The molecule has 4 rings (SSSR count). The Morgan fingerprint density at radius 3 is 1.59 bits per heavy atom. The number of nitrogens with zero attached hydrogens (tertiary/aromatic N) is 2. The van der Waals surface area contributed by atoms with Gasteiger partial charge in [-0.3, -0.25) is 0 Å². The minimum absolute atomic E-state index is 0.0312. The number of rotatable bonds is 4. The third-order valence-corrected chi connectivity index (χ3v) is 4.22. The predicted molar refractivity (Wildman–Crippen MR) is 100 cm³/mol. The predicted octanol–water partition coefficient (Wildman–Crippen LogP) is 4.11. The van der Waals surface area contributed by atoms with E-state index in [1.165, 1.54) is 0 Å². The smallest absolute Gasteiger partial charge is 0.284 e. The molecule has 0 spiro atoms. The van der Waals surface area contributed by atoms with E-state index in [-0.39, 0.29) is 33.0 Å². The van der Waals surface area contributed by atoms with Crippen molar-refractivity contribution >= 4 is 24.4 Å². The van der Waals surface area contributed by atoms with Gasteiger partial charge in [-0.15, -0.1) is 10.2 Å². The highest BCUT2D eigenvalue weighted by Gasteiger charge is 2.14. The van der Waals surface area contributed by atoms with Crippen LogP contribution in [-0.4, -0.2) is 30.6 Å². The molecule has 0 atom stereocenters.